The Balaban J connectivity index is 1.49. The Kier molecular flexibility index (Phi) is 6.78. The third-order valence-electron chi connectivity index (χ3n) is 5.43. The molecule has 4 aromatic rings. The van der Waals surface area contributed by atoms with E-state index in [1.165, 1.54) is 17.4 Å². The molecule has 0 saturated carbocycles. The fourth-order valence-corrected chi connectivity index (χ4v) is 4.69. The van der Waals surface area contributed by atoms with E-state index in [9.17, 15) is 19.1 Å². The fourth-order valence-electron chi connectivity index (χ4n) is 3.54. The second kappa shape index (κ2) is 9.64. The highest BCUT2D eigenvalue weighted by atomic mass is 35.5. The maximum Gasteiger partial charge on any atom is 0.326 e. The molecule has 0 fully saturated rings. The predicted octanol–water partition coefficient (Wildman–Crippen LogP) is 6.73. The number of carboxylic acids is 1. The van der Waals surface area contributed by atoms with Crippen molar-refractivity contribution in [3.63, 3.8) is 0 Å². The SMILES string of the molecule is CC(C)(C)[C@H](NC(=O)c1ccc(-c2ccc(Nc3nc4ccc(Cl)cc4s3)c(F)c2)cc1)C(=O)O. The molecule has 35 heavy (non-hydrogen) atoms. The summed E-state index contributed by atoms with van der Waals surface area (Å²) in [5.41, 5.74) is 2.09. The van der Waals surface area contributed by atoms with Gasteiger partial charge >= 0.3 is 5.97 Å². The van der Waals surface area contributed by atoms with E-state index in [1.807, 2.05) is 12.1 Å². The normalized spacial score (nSPS) is 12.4. The maximum atomic E-state index is 14.9. The van der Waals surface area contributed by atoms with Gasteiger partial charge in [-0.25, -0.2) is 14.2 Å². The molecule has 0 radical (unpaired) electrons. The van der Waals surface area contributed by atoms with Crippen LogP contribution >= 0.6 is 22.9 Å². The molecule has 1 aromatic heterocycles. The van der Waals surface area contributed by atoms with Gasteiger partial charge in [0.15, 0.2) is 5.13 Å². The predicted molar refractivity (Wildman–Crippen MR) is 138 cm³/mol. The third-order valence-corrected chi connectivity index (χ3v) is 6.60. The molecule has 0 aliphatic heterocycles. The molecule has 1 atom stereocenters. The highest BCUT2D eigenvalue weighted by Gasteiger charge is 2.32. The zero-order chi connectivity index (χ0) is 25.3. The molecule has 1 heterocycles. The number of aliphatic carboxylic acids is 1. The highest BCUT2D eigenvalue weighted by Crippen LogP contribution is 2.32. The van der Waals surface area contributed by atoms with Crippen LogP contribution in [0.5, 0.6) is 0 Å². The molecule has 9 heteroatoms. The van der Waals surface area contributed by atoms with Crippen molar-refractivity contribution in [1.82, 2.24) is 10.3 Å². The number of carboxylic acid groups (broad SMARTS) is 1. The quantitative estimate of drug-likeness (QED) is 0.267. The van der Waals surface area contributed by atoms with Crippen molar-refractivity contribution in [3.8, 4) is 11.1 Å². The molecule has 0 bridgehead atoms. The Morgan fingerprint density at radius 3 is 2.34 bits per heavy atom. The molecule has 3 N–H and O–H groups in total. The average Bonchev–Trinajstić information content (AvgIpc) is 3.19. The number of halogens is 2. The summed E-state index contributed by atoms with van der Waals surface area (Å²) in [5.74, 6) is -2.03. The largest absolute Gasteiger partial charge is 0.480 e. The number of hydrogen-bond donors (Lipinski definition) is 3. The lowest BCUT2D eigenvalue weighted by atomic mass is 9.86. The first kappa shape index (κ1) is 24.6. The third kappa shape index (κ3) is 5.61. The second-order valence-corrected chi connectivity index (χ2v) is 10.6. The summed E-state index contributed by atoms with van der Waals surface area (Å²) < 4.78 is 15.8. The van der Waals surface area contributed by atoms with Gasteiger partial charge in [0.1, 0.15) is 11.9 Å². The number of carbonyl (C=O) groups is 2. The topological polar surface area (TPSA) is 91.3 Å². The minimum Gasteiger partial charge on any atom is -0.480 e. The van der Waals surface area contributed by atoms with Crippen molar-refractivity contribution >= 4 is 55.8 Å². The van der Waals surface area contributed by atoms with Gasteiger partial charge in [0, 0.05) is 10.6 Å². The van der Waals surface area contributed by atoms with Crippen LogP contribution in [0.4, 0.5) is 15.2 Å². The fraction of sp³-hybridized carbons (Fsp3) is 0.192. The van der Waals surface area contributed by atoms with E-state index in [0.717, 1.165) is 10.2 Å². The molecule has 0 saturated heterocycles. The summed E-state index contributed by atoms with van der Waals surface area (Å²) in [7, 11) is 0. The molecule has 0 aliphatic carbocycles. The smallest absolute Gasteiger partial charge is 0.326 e. The summed E-state index contributed by atoms with van der Waals surface area (Å²) in [4.78, 5) is 28.5. The number of hydrogen-bond acceptors (Lipinski definition) is 5. The number of thiazole rings is 1. The molecule has 0 aliphatic rings. The Morgan fingerprint density at radius 2 is 1.71 bits per heavy atom. The number of benzene rings is 3. The monoisotopic (exact) mass is 511 g/mol. The minimum absolute atomic E-state index is 0.289. The number of anilines is 2. The molecule has 4 rings (SSSR count). The van der Waals surface area contributed by atoms with E-state index in [1.54, 1.807) is 63.2 Å². The minimum atomic E-state index is -1.10. The summed E-state index contributed by atoms with van der Waals surface area (Å²) in [5, 5.41) is 16.2. The summed E-state index contributed by atoms with van der Waals surface area (Å²) in [6.07, 6.45) is 0. The second-order valence-electron chi connectivity index (χ2n) is 9.14. The lowest BCUT2D eigenvalue weighted by Crippen LogP contribution is -2.49. The molecular weight excluding hydrogens is 489 g/mol. The van der Waals surface area contributed by atoms with Gasteiger partial charge in [-0.2, -0.15) is 0 Å². The van der Waals surface area contributed by atoms with Crippen LogP contribution in [0, 0.1) is 11.2 Å². The first-order valence-corrected chi connectivity index (χ1v) is 12.0. The maximum absolute atomic E-state index is 14.9. The van der Waals surface area contributed by atoms with E-state index in [4.69, 9.17) is 11.6 Å². The van der Waals surface area contributed by atoms with Gasteiger partial charge < -0.3 is 15.7 Å². The van der Waals surface area contributed by atoms with Gasteiger partial charge in [0.2, 0.25) is 0 Å². The van der Waals surface area contributed by atoms with Crippen molar-refractivity contribution in [3.05, 3.63) is 77.1 Å². The van der Waals surface area contributed by atoms with Crippen LogP contribution in [-0.2, 0) is 4.79 Å². The van der Waals surface area contributed by atoms with Gasteiger partial charge in [0.25, 0.3) is 5.91 Å². The van der Waals surface area contributed by atoms with Crippen molar-refractivity contribution in [2.45, 2.75) is 26.8 Å². The molecular formula is C26H23ClFN3O3S. The van der Waals surface area contributed by atoms with Gasteiger partial charge in [0.05, 0.1) is 15.9 Å². The zero-order valence-electron chi connectivity index (χ0n) is 19.2. The van der Waals surface area contributed by atoms with E-state index < -0.39 is 29.2 Å². The van der Waals surface area contributed by atoms with Crippen LogP contribution in [0.15, 0.2) is 60.7 Å². The van der Waals surface area contributed by atoms with Gasteiger partial charge in [-0.15, -0.1) is 0 Å². The first-order chi connectivity index (χ1) is 16.5. The van der Waals surface area contributed by atoms with E-state index >= 15 is 0 Å². The van der Waals surface area contributed by atoms with E-state index in [-0.39, 0.29) is 5.69 Å². The Morgan fingerprint density at radius 1 is 1.03 bits per heavy atom. The van der Waals surface area contributed by atoms with Crippen molar-refractivity contribution in [2.24, 2.45) is 5.41 Å². The standard InChI is InChI=1S/C26H23ClFN3O3S/c1-26(2,3)22(24(33)34)31-23(32)15-6-4-14(5-7-15)16-8-10-19(18(28)12-16)29-25-30-20-11-9-17(27)13-21(20)35-25/h4-13,22H,1-3H3,(H,29,30)(H,31,32)(H,33,34)/t22-/m1/s1. The number of nitrogens with one attached hydrogen (secondary N) is 2. The molecule has 3 aromatic carbocycles. The number of fused-ring (bicyclic) bond motifs is 1. The number of nitrogens with zero attached hydrogens (tertiary/aromatic N) is 1. The first-order valence-electron chi connectivity index (χ1n) is 10.8. The molecule has 1 amide bonds. The number of carbonyl (C=O) groups excluding carboxylic acids is 1. The van der Waals surface area contributed by atoms with Crippen LogP contribution in [-0.4, -0.2) is 28.0 Å². The number of aromatic nitrogens is 1. The number of rotatable bonds is 6. The average molecular weight is 512 g/mol. The molecule has 180 valence electrons. The number of amides is 1. The van der Waals surface area contributed by atoms with Crippen LogP contribution in [0.3, 0.4) is 0 Å². The van der Waals surface area contributed by atoms with E-state index in [2.05, 4.69) is 15.6 Å². The van der Waals surface area contributed by atoms with Crippen LogP contribution in [0.25, 0.3) is 21.3 Å². The Bertz CT molecular complexity index is 1410. The van der Waals surface area contributed by atoms with Crippen molar-refractivity contribution in [1.29, 1.82) is 0 Å². The Labute approximate surface area is 210 Å². The summed E-state index contributed by atoms with van der Waals surface area (Å²) in [6.45, 7) is 5.23. The van der Waals surface area contributed by atoms with Gasteiger partial charge in [-0.1, -0.05) is 61.9 Å². The lowest BCUT2D eigenvalue weighted by molar-refractivity contribution is -0.142. The van der Waals surface area contributed by atoms with Gasteiger partial charge in [-0.05, 0) is 59.0 Å². The van der Waals surface area contributed by atoms with Crippen LogP contribution in [0.1, 0.15) is 31.1 Å². The van der Waals surface area contributed by atoms with Crippen molar-refractivity contribution < 1.29 is 19.1 Å². The lowest BCUT2D eigenvalue weighted by Gasteiger charge is -2.27. The molecule has 0 spiro atoms. The zero-order valence-corrected chi connectivity index (χ0v) is 20.8. The van der Waals surface area contributed by atoms with Crippen LogP contribution in [0.2, 0.25) is 5.02 Å². The molecule has 0 unspecified atom stereocenters. The van der Waals surface area contributed by atoms with Crippen molar-refractivity contribution in [2.75, 3.05) is 5.32 Å². The highest BCUT2D eigenvalue weighted by molar-refractivity contribution is 7.22. The van der Waals surface area contributed by atoms with Gasteiger partial charge in [-0.3, -0.25) is 4.79 Å². The molecule has 6 nitrogen and oxygen atoms in total. The van der Waals surface area contributed by atoms with Crippen LogP contribution < -0.4 is 10.6 Å². The Hall–Kier alpha value is -3.49. The summed E-state index contributed by atoms with van der Waals surface area (Å²) in [6, 6.07) is 15.7. The summed E-state index contributed by atoms with van der Waals surface area (Å²) >= 11 is 7.40. The van der Waals surface area contributed by atoms with E-state index in [0.29, 0.717) is 26.8 Å².